The van der Waals surface area contributed by atoms with Gasteiger partial charge in [-0.05, 0) is 6.92 Å². The fourth-order valence-corrected chi connectivity index (χ4v) is 12.9. The second kappa shape index (κ2) is 35.7. The van der Waals surface area contributed by atoms with Crippen LogP contribution in [0.5, 0.6) is 0 Å². The fraction of sp³-hybridized carbons (Fsp3) is 0.929. The van der Waals surface area contributed by atoms with Crippen LogP contribution in [-0.4, -0.2) is 423 Å². The Labute approximate surface area is 567 Å². The summed E-state index contributed by atoms with van der Waals surface area (Å²) >= 11 is 0. The SMILES string of the molecule is CC(=O)N[C@@H]1[C@@H](O[C@@H]2O[C@H](CO)[C@H](O)[C@H](O[C@@H]3O[C@H](CO)[C@@H](O[C@@H]4O[C@H](CO)[C@H](O)[C@H](O[C@@H]5O[C@H](CO)[C@@H](O)[C@H](O)[C@H]5NC(C)=O)[C@H]4O)[C@H](O)[C@H]3NC(C)=O)[C@H]2O)[C@@H](O)[C@@H](CO[C@@H]2O[C@H](CO)[C@@H](O[C@@H]3O[C@H](CO)[C@H](O)[C@H](O)[C@H]3O[C@@H]3O[C@@H](C)[C@@H](O)[C@@H](O)[C@@H]3O)[C@H](O)[C@H]2NC(C)=O)O[C@@H]1O. The first-order chi connectivity index (χ1) is 47.2. The zero-order chi connectivity index (χ0) is 73.8. The molecule has 8 aliphatic rings. The van der Waals surface area contributed by atoms with Crippen molar-refractivity contribution in [3.05, 3.63) is 0 Å². The van der Waals surface area contributed by atoms with Crippen molar-refractivity contribution >= 4 is 23.6 Å². The van der Waals surface area contributed by atoms with Gasteiger partial charge >= 0.3 is 0 Å². The third-order valence-electron chi connectivity index (χ3n) is 18.2. The Hall–Kier alpha value is -3.56. The van der Waals surface area contributed by atoms with Crippen LogP contribution in [0.4, 0.5) is 0 Å². The van der Waals surface area contributed by atoms with Gasteiger partial charge in [0.2, 0.25) is 23.6 Å². The van der Waals surface area contributed by atoms with Crippen LogP contribution in [0.1, 0.15) is 34.6 Å². The molecule has 8 saturated heterocycles. The summed E-state index contributed by atoms with van der Waals surface area (Å²) in [6.45, 7) is -1.77. The van der Waals surface area contributed by atoms with Crippen molar-refractivity contribution in [2.75, 3.05) is 46.2 Å². The molecular weight excluding hydrogens is 1370 g/mol. The van der Waals surface area contributed by atoms with Crippen LogP contribution in [0.2, 0.25) is 0 Å². The van der Waals surface area contributed by atoms with E-state index in [9.17, 15) is 126 Å². The molecular formula is C56H94N4O40. The molecule has 8 fully saturated rings. The van der Waals surface area contributed by atoms with Crippen LogP contribution < -0.4 is 21.3 Å². The van der Waals surface area contributed by atoms with Crippen molar-refractivity contribution in [2.45, 2.75) is 280 Å². The highest BCUT2D eigenvalue weighted by atomic mass is 16.8. The van der Waals surface area contributed by atoms with Gasteiger partial charge in [0.05, 0.1) is 52.4 Å². The Morgan fingerprint density at radius 2 is 0.610 bits per heavy atom. The van der Waals surface area contributed by atoms with Gasteiger partial charge < -0.3 is 200 Å². The molecule has 0 radical (unpaired) electrons. The second-order valence-corrected chi connectivity index (χ2v) is 25.3. The van der Waals surface area contributed by atoms with Crippen molar-refractivity contribution in [3.8, 4) is 0 Å². The molecule has 8 heterocycles. The largest absolute Gasteiger partial charge is 0.394 e. The van der Waals surface area contributed by atoms with E-state index in [4.69, 9.17) is 71.1 Å². The molecule has 8 aliphatic heterocycles. The summed E-state index contributed by atoms with van der Waals surface area (Å²) in [4.78, 5) is 50.4. The maximum absolute atomic E-state index is 12.9. The first-order valence-corrected chi connectivity index (χ1v) is 32.0. The number of carbonyl (C=O) groups excluding carboxylic acids is 4. The summed E-state index contributed by atoms with van der Waals surface area (Å²) < 4.78 is 87.4. The van der Waals surface area contributed by atoms with Crippen LogP contribution >= 0.6 is 0 Å². The molecule has 100 heavy (non-hydrogen) atoms. The van der Waals surface area contributed by atoms with Crippen LogP contribution in [0, 0.1) is 0 Å². The van der Waals surface area contributed by atoms with Gasteiger partial charge in [-0.15, -0.1) is 0 Å². The number of ether oxygens (including phenoxy) is 15. The third-order valence-corrected chi connectivity index (χ3v) is 18.2. The molecule has 25 N–H and O–H groups in total. The van der Waals surface area contributed by atoms with E-state index in [1.54, 1.807) is 0 Å². The van der Waals surface area contributed by atoms with Crippen LogP contribution in [0.15, 0.2) is 0 Å². The first kappa shape index (κ1) is 82.1. The van der Waals surface area contributed by atoms with E-state index in [-0.39, 0.29) is 0 Å². The average Bonchev–Trinajstić information content (AvgIpc) is 0.776. The van der Waals surface area contributed by atoms with Crippen molar-refractivity contribution in [1.82, 2.24) is 21.3 Å². The number of hydrogen-bond donors (Lipinski definition) is 25. The molecule has 0 saturated carbocycles. The zero-order valence-corrected chi connectivity index (χ0v) is 54.2. The summed E-state index contributed by atoms with van der Waals surface area (Å²) in [6, 6.07) is -7.05. The predicted molar refractivity (Wildman–Crippen MR) is 309 cm³/mol. The lowest BCUT2D eigenvalue weighted by Gasteiger charge is -2.50. The van der Waals surface area contributed by atoms with Crippen LogP contribution in [0.3, 0.4) is 0 Å². The van der Waals surface area contributed by atoms with Gasteiger partial charge in [-0.2, -0.15) is 0 Å². The molecule has 0 aromatic carbocycles. The minimum Gasteiger partial charge on any atom is -0.394 e. The molecule has 0 bridgehead atoms. The minimum absolute atomic E-state index is 0.772. The Morgan fingerprint density at radius 1 is 0.280 bits per heavy atom. The Bertz CT molecular complexity index is 2620. The van der Waals surface area contributed by atoms with E-state index < -0.39 is 315 Å². The standard InChI is InChI=1S/C56H94N4O40/c1-13-29(71)38(80)40(82)53(87-13)100-48-39(81)31(73)19(7-62)92-56(48)96-44-22(10-65)93-50(26(36(44)78)58-15(3)68)86-12-24-34(76)45(28(49(85)88-24)60-17(5)70)97-55-42(84)47(33(75)21(9-64)91-55)99-52-27(59-16(4)69)37(79)43(23(11-66)94-52)95-54-41(83)46(32(74)20(8-63)90-54)98-51-25(57-14(2)67)35(77)30(72)18(6-61)89-51/h13,18-56,61-66,71-85H,6-12H2,1-5H3,(H,57,67)(H,58,68)(H,59,69)(H,60,70)/t13-,18+,19+,20+,21+,22+,23+,24+,25+,26+,27+,28+,29+,30+,31-,32-,33-,34-,35+,36+,37+,38+,39-,40-,41+,42+,43+,44+,45+,46-,47-,48+,49-,50+,51-,52-,53-,54-,55-,56-/m0/s1. The number of amides is 4. The maximum atomic E-state index is 12.9. The monoisotopic (exact) mass is 1460 g/mol. The lowest BCUT2D eigenvalue weighted by molar-refractivity contribution is -0.385. The highest BCUT2D eigenvalue weighted by Gasteiger charge is 2.60. The third kappa shape index (κ3) is 18.1. The molecule has 0 aromatic rings. The number of aliphatic hydroxyl groups is 21. The Balaban J connectivity index is 0.982. The van der Waals surface area contributed by atoms with E-state index in [2.05, 4.69) is 21.3 Å². The fourth-order valence-electron chi connectivity index (χ4n) is 12.9. The molecule has 0 unspecified atom stereocenters. The predicted octanol–water partition coefficient (Wildman–Crippen LogP) is -16.8. The van der Waals surface area contributed by atoms with Gasteiger partial charge in [0, 0.05) is 27.7 Å². The lowest BCUT2D eigenvalue weighted by atomic mass is 9.93. The minimum atomic E-state index is -2.33. The summed E-state index contributed by atoms with van der Waals surface area (Å²) in [5.74, 6) is -3.41. The highest BCUT2D eigenvalue weighted by molar-refractivity contribution is 5.74. The number of rotatable bonds is 25. The molecule has 0 spiro atoms. The number of hydrogen-bond acceptors (Lipinski definition) is 40. The quantitative estimate of drug-likeness (QED) is 0.0404. The Morgan fingerprint density at radius 3 is 1.07 bits per heavy atom. The summed E-state index contributed by atoms with van der Waals surface area (Å²) in [6.07, 6.45) is -69.2. The molecule has 578 valence electrons. The Kier molecular flexibility index (Phi) is 29.3. The normalized spacial score (nSPS) is 48.7. The van der Waals surface area contributed by atoms with Gasteiger partial charge in [0.1, 0.15) is 189 Å². The molecule has 44 nitrogen and oxygen atoms in total. The molecule has 44 heteroatoms. The van der Waals surface area contributed by atoms with Crippen LogP contribution in [-0.2, 0) is 90.2 Å². The maximum Gasteiger partial charge on any atom is 0.217 e. The van der Waals surface area contributed by atoms with Gasteiger partial charge in [-0.1, -0.05) is 0 Å². The molecule has 40 atom stereocenters. The van der Waals surface area contributed by atoms with Crippen molar-refractivity contribution in [2.24, 2.45) is 0 Å². The summed E-state index contributed by atoms with van der Waals surface area (Å²) in [5, 5.41) is 241. The van der Waals surface area contributed by atoms with Gasteiger partial charge in [0.25, 0.3) is 0 Å². The molecule has 0 aromatic heterocycles. The topological polar surface area (TPSA) is 680 Å². The molecule has 0 aliphatic carbocycles. The highest BCUT2D eigenvalue weighted by Crippen LogP contribution is 2.39. The first-order valence-electron chi connectivity index (χ1n) is 32.0. The van der Waals surface area contributed by atoms with Crippen LogP contribution in [0.25, 0.3) is 0 Å². The lowest BCUT2D eigenvalue weighted by Crippen LogP contribution is -2.71. The van der Waals surface area contributed by atoms with Gasteiger partial charge in [-0.25, -0.2) is 0 Å². The van der Waals surface area contributed by atoms with E-state index >= 15 is 0 Å². The molecule has 8 rings (SSSR count). The van der Waals surface area contributed by atoms with E-state index in [0.29, 0.717) is 0 Å². The summed E-state index contributed by atoms with van der Waals surface area (Å²) in [5.41, 5.74) is 0. The molecule has 4 amide bonds. The summed E-state index contributed by atoms with van der Waals surface area (Å²) in [7, 11) is 0. The van der Waals surface area contributed by atoms with E-state index in [1.807, 2.05) is 0 Å². The van der Waals surface area contributed by atoms with Gasteiger partial charge in [0.15, 0.2) is 50.3 Å². The number of aliphatic hydroxyl groups excluding tert-OH is 21. The van der Waals surface area contributed by atoms with Gasteiger partial charge in [-0.3, -0.25) is 19.2 Å². The number of nitrogens with one attached hydrogen (secondary N) is 4. The average molecular weight is 1460 g/mol. The number of carbonyl (C=O) groups is 4. The van der Waals surface area contributed by atoms with Crippen molar-refractivity contribution in [3.63, 3.8) is 0 Å². The van der Waals surface area contributed by atoms with Crippen molar-refractivity contribution < 1.29 is 197 Å². The zero-order valence-electron chi connectivity index (χ0n) is 54.2. The van der Waals surface area contributed by atoms with Crippen molar-refractivity contribution in [1.29, 1.82) is 0 Å². The smallest absolute Gasteiger partial charge is 0.217 e. The second-order valence-electron chi connectivity index (χ2n) is 25.3. The van der Waals surface area contributed by atoms with E-state index in [1.165, 1.54) is 6.92 Å². The van der Waals surface area contributed by atoms with E-state index in [0.717, 1.165) is 27.7 Å².